The maximum absolute atomic E-state index is 12.8. The zero-order valence-electron chi connectivity index (χ0n) is 16.7. The lowest BCUT2D eigenvalue weighted by molar-refractivity contribution is 0.381. The van der Waals surface area contributed by atoms with Gasteiger partial charge in [0.1, 0.15) is 5.82 Å². The molecule has 0 aliphatic rings. The van der Waals surface area contributed by atoms with Crippen molar-refractivity contribution in [2.75, 3.05) is 20.6 Å². The fourth-order valence-corrected chi connectivity index (χ4v) is 3.29. The van der Waals surface area contributed by atoms with Crippen LogP contribution in [-0.2, 0) is 19.4 Å². The van der Waals surface area contributed by atoms with E-state index >= 15 is 0 Å². The van der Waals surface area contributed by atoms with Crippen molar-refractivity contribution in [1.82, 2.24) is 19.4 Å². The van der Waals surface area contributed by atoms with Gasteiger partial charge in [-0.05, 0) is 57.6 Å². The highest BCUT2D eigenvalue weighted by molar-refractivity contribution is 5.57. The standard InChI is InChI=1S/C23H28N4O/c1-26(2)16-7-17-27-22(11-6-10-19-8-4-3-5-9-19)25-21(18-23(27)28)20-12-14-24-15-13-20/h3-5,8-9,12-15,18H,6-7,10-11,16-17H2,1-2H3. The number of aryl methyl sites for hydroxylation is 2. The van der Waals surface area contributed by atoms with E-state index in [1.165, 1.54) is 5.56 Å². The van der Waals surface area contributed by atoms with Gasteiger partial charge in [-0.3, -0.25) is 14.3 Å². The van der Waals surface area contributed by atoms with Crippen LogP contribution in [0.15, 0.2) is 65.7 Å². The molecular weight excluding hydrogens is 348 g/mol. The van der Waals surface area contributed by atoms with Gasteiger partial charge in [-0.2, -0.15) is 0 Å². The first kappa shape index (κ1) is 20.0. The van der Waals surface area contributed by atoms with Gasteiger partial charge in [-0.1, -0.05) is 30.3 Å². The summed E-state index contributed by atoms with van der Waals surface area (Å²) in [5, 5.41) is 0. The van der Waals surface area contributed by atoms with Crippen LogP contribution in [0.4, 0.5) is 0 Å². The van der Waals surface area contributed by atoms with Crippen molar-refractivity contribution in [1.29, 1.82) is 0 Å². The van der Waals surface area contributed by atoms with E-state index in [1.807, 2.05) is 36.9 Å². The lowest BCUT2D eigenvalue weighted by Gasteiger charge is -2.15. The van der Waals surface area contributed by atoms with Crippen LogP contribution in [0.3, 0.4) is 0 Å². The zero-order chi connectivity index (χ0) is 19.8. The van der Waals surface area contributed by atoms with Gasteiger partial charge in [0, 0.05) is 37.0 Å². The normalized spacial score (nSPS) is 11.1. The number of rotatable bonds is 9. The van der Waals surface area contributed by atoms with Gasteiger partial charge in [0.15, 0.2) is 0 Å². The number of pyridine rings is 1. The molecule has 2 aromatic heterocycles. The van der Waals surface area contributed by atoms with Crippen LogP contribution >= 0.6 is 0 Å². The molecule has 0 atom stereocenters. The van der Waals surface area contributed by atoms with E-state index in [4.69, 9.17) is 4.98 Å². The van der Waals surface area contributed by atoms with Crippen molar-refractivity contribution in [2.24, 2.45) is 0 Å². The molecule has 0 amide bonds. The van der Waals surface area contributed by atoms with E-state index in [0.717, 1.165) is 49.3 Å². The van der Waals surface area contributed by atoms with Crippen molar-refractivity contribution in [3.05, 3.63) is 82.7 Å². The molecule has 0 radical (unpaired) electrons. The summed E-state index contributed by atoms with van der Waals surface area (Å²) in [6, 6.07) is 15.9. The quantitative estimate of drug-likeness (QED) is 0.574. The smallest absolute Gasteiger partial charge is 0.254 e. The number of hydrogen-bond donors (Lipinski definition) is 0. The van der Waals surface area contributed by atoms with E-state index in [9.17, 15) is 4.79 Å². The Morgan fingerprint density at radius 1 is 0.964 bits per heavy atom. The topological polar surface area (TPSA) is 51.0 Å². The SMILES string of the molecule is CN(C)CCCn1c(CCCc2ccccc2)nc(-c2ccncc2)cc1=O. The van der Waals surface area contributed by atoms with E-state index in [2.05, 4.69) is 34.1 Å². The molecule has 3 rings (SSSR count). The first-order valence-corrected chi connectivity index (χ1v) is 9.83. The Bertz CT molecular complexity index is 920. The Kier molecular flexibility index (Phi) is 7.09. The minimum atomic E-state index is 0.0234. The van der Waals surface area contributed by atoms with E-state index in [1.54, 1.807) is 18.5 Å². The highest BCUT2D eigenvalue weighted by Crippen LogP contribution is 2.15. The summed E-state index contributed by atoms with van der Waals surface area (Å²) < 4.78 is 1.85. The number of benzene rings is 1. The first-order chi connectivity index (χ1) is 13.6. The van der Waals surface area contributed by atoms with Crippen molar-refractivity contribution < 1.29 is 0 Å². The van der Waals surface area contributed by atoms with Crippen molar-refractivity contribution in [2.45, 2.75) is 32.2 Å². The van der Waals surface area contributed by atoms with Crippen LogP contribution in [-0.4, -0.2) is 40.1 Å². The fourth-order valence-electron chi connectivity index (χ4n) is 3.29. The molecule has 0 fully saturated rings. The van der Waals surface area contributed by atoms with Gasteiger partial charge >= 0.3 is 0 Å². The molecule has 2 heterocycles. The lowest BCUT2D eigenvalue weighted by Crippen LogP contribution is -2.27. The second-order valence-corrected chi connectivity index (χ2v) is 7.28. The van der Waals surface area contributed by atoms with Crippen molar-refractivity contribution in [3.63, 3.8) is 0 Å². The highest BCUT2D eigenvalue weighted by atomic mass is 16.1. The lowest BCUT2D eigenvalue weighted by atomic mass is 10.1. The summed E-state index contributed by atoms with van der Waals surface area (Å²) in [4.78, 5) is 23.9. The number of aromatic nitrogens is 3. The Morgan fingerprint density at radius 3 is 2.43 bits per heavy atom. The third-order valence-electron chi connectivity index (χ3n) is 4.76. The summed E-state index contributed by atoms with van der Waals surface area (Å²) in [7, 11) is 4.10. The van der Waals surface area contributed by atoms with Crippen LogP contribution in [0.1, 0.15) is 24.2 Å². The molecule has 5 nitrogen and oxygen atoms in total. The van der Waals surface area contributed by atoms with Gasteiger partial charge in [0.25, 0.3) is 5.56 Å². The molecule has 0 saturated heterocycles. The van der Waals surface area contributed by atoms with Crippen LogP contribution in [0, 0.1) is 0 Å². The van der Waals surface area contributed by atoms with Crippen molar-refractivity contribution in [3.8, 4) is 11.3 Å². The molecule has 5 heteroatoms. The summed E-state index contributed by atoms with van der Waals surface area (Å²) in [5.74, 6) is 0.869. The largest absolute Gasteiger partial charge is 0.309 e. The molecule has 1 aromatic carbocycles. The minimum absolute atomic E-state index is 0.0234. The molecule has 146 valence electrons. The molecule has 3 aromatic rings. The van der Waals surface area contributed by atoms with E-state index in [-0.39, 0.29) is 5.56 Å². The first-order valence-electron chi connectivity index (χ1n) is 9.83. The average Bonchev–Trinajstić information content (AvgIpc) is 2.71. The zero-order valence-corrected chi connectivity index (χ0v) is 16.7. The number of hydrogen-bond acceptors (Lipinski definition) is 4. The summed E-state index contributed by atoms with van der Waals surface area (Å²) in [6.07, 6.45) is 7.11. The maximum Gasteiger partial charge on any atom is 0.254 e. The molecule has 0 N–H and O–H groups in total. The monoisotopic (exact) mass is 376 g/mol. The number of nitrogens with zero attached hydrogens (tertiary/aromatic N) is 4. The second kappa shape index (κ2) is 9.95. The molecular formula is C23H28N4O. The summed E-state index contributed by atoms with van der Waals surface area (Å²) in [6.45, 7) is 1.64. The third kappa shape index (κ3) is 5.60. The molecule has 0 aliphatic carbocycles. The molecule has 0 spiro atoms. The van der Waals surface area contributed by atoms with Crippen LogP contribution in [0.2, 0.25) is 0 Å². The Morgan fingerprint density at radius 2 is 1.71 bits per heavy atom. The van der Waals surface area contributed by atoms with Gasteiger partial charge in [0.05, 0.1) is 5.69 Å². The van der Waals surface area contributed by atoms with Gasteiger partial charge in [-0.25, -0.2) is 4.98 Å². The third-order valence-corrected chi connectivity index (χ3v) is 4.76. The van der Waals surface area contributed by atoms with E-state index in [0.29, 0.717) is 6.54 Å². The highest BCUT2D eigenvalue weighted by Gasteiger charge is 2.10. The fraction of sp³-hybridized carbons (Fsp3) is 0.348. The van der Waals surface area contributed by atoms with E-state index < -0.39 is 0 Å². The predicted octanol–water partition coefficient (Wildman–Crippen LogP) is 3.43. The van der Waals surface area contributed by atoms with Gasteiger partial charge in [0.2, 0.25) is 0 Å². The molecule has 0 unspecified atom stereocenters. The van der Waals surface area contributed by atoms with Gasteiger partial charge < -0.3 is 4.90 Å². The van der Waals surface area contributed by atoms with Crippen molar-refractivity contribution >= 4 is 0 Å². The predicted molar refractivity (Wildman–Crippen MR) is 113 cm³/mol. The second-order valence-electron chi connectivity index (χ2n) is 7.28. The summed E-state index contributed by atoms with van der Waals surface area (Å²) >= 11 is 0. The van der Waals surface area contributed by atoms with Gasteiger partial charge in [-0.15, -0.1) is 0 Å². The Hall–Kier alpha value is -2.79. The average molecular weight is 377 g/mol. The molecule has 0 bridgehead atoms. The molecule has 28 heavy (non-hydrogen) atoms. The van der Waals surface area contributed by atoms with Crippen LogP contribution in [0.25, 0.3) is 11.3 Å². The molecule has 0 saturated carbocycles. The minimum Gasteiger partial charge on any atom is -0.309 e. The van der Waals surface area contributed by atoms with Crippen LogP contribution < -0.4 is 5.56 Å². The maximum atomic E-state index is 12.8. The Balaban J connectivity index is 1.82. The Labute approximate surface area is 166 Å². The summed E-state index contributed by atoms with van der Waals surface area (Å²) in [5.41, 5.74) is 2.99. The van der Waals surface area contributed by atoms with Crippen LogP contribution in [0.5, 0.6) is 0 Å². The molecule has 0 aliphatic heterocycles.